The molecular weight excluding hydrogens is 156 g/mol. The van der Waals surface area contributed by atoms with E-state index in [9.17, 15) is 0 Å². The Morgan fingerprint density at radius 1 is 1.46 bits per heavy atom. The number of rotatable bonds is 1. The molecule has 0 aromatic carbocycles. The van der Waals surface area contributed by atoms with Gasteiger partial charge in [0.1, 0.15) is 13.2 Å². The maximum absolute atomic E-state index is 5.78. The molecule has 0 atom stereocenters. The van der Waals surface area contributed by atoms with E-state index in [1.54, 1.807) is 5.57 Å². The molecule has 0 radical (unpaired) electrons. The van der Waals surface area contributed by atoms with E-state index in [0.29, 0.717) is 0 Å². The summed E-state index contributed by atoms with van der Waals surface area (Å²) < 4.78 is 0. The van der Waals surface area contributed by atoms with Crippen LogP contribution in [0.4, 0.5) is 0 Å². The first-order chi connectivity index (χ1) is 6.24. The largest absolute Gasteiger partial charge is 0.338 e. The van der Waals surface area contributed by atoms with Gasteiger partial charge in [-0.3, -0.25) is 0 Å². The summed E-state index contributed by atoms with van der Waals surface area (Å²) in [5.41, 5.74) is 7.35. The Labute approximate surface area is 83.3 Å². The Morgan fingerprint density at radius 3 is 2.92 bits per heavy atom. The fourth-order valence-corrected chi connectivity index (χ4v) is 2.22. The van der Waals surface area contributed by atoms with Gasteiger partial charge in [0.15, 0.2) is 0 Å². The summed E-state index contributed by atoms with van der Waals surface area (Å²) in [4.78, 5) is 0. The van der Waals surface area contributed by atoms with Gasteiger partial charge in [-0.05, 0) is 26.2 Å². The third-order valence-corrected chi connectivity index (χ3v) is 3.37. The molecule has 3 heteroatoms. The van der Waals surface area contributed by atoms with E-state index in [1.165, 1.54) is 31.9 Å². The number of hydrogen-bond donors (Lipinski definition) is 1. The Kier molecular flexibility index (Phi) is 4.65. The molecule has 0 aliphatic carbocycles. The fourth-order valence-electron chi connectivity index (χ4n) is 2.22. The smallest absolute Gasteiger partial charge is 0.126 e. The van der Waals surface area contributed by atoms with Gasteiger partial charge in [0.25, 0.3) is 0 Å². The zero-order chi connectivity index (χ0) is 9.68. The van der Waals surface area contributed by atoms with Crippen LogP contribution in [-0.2, 0) is 0 Å². The van der Waals surface area contributed by atoms with Crippen LogP contribution in [0.15, 0.2) is 11.6 Å². The molecule has 0 saturated heterocycles. The molecular formula is C10H21B2N. The van der Waals surface area contributed by atoms with Crippen molar-refractivity contribution in [2.24, 2.45) is 5.73 Å². The summed E-state index contributed by atoms with van der Waals surface area (Å²) in [6, 6.07) is 0. The molecule has 0 aromatic heterocycles. The predicted molar refractivity (Wildman–Crippen MR) is 63.6 cm³/mol. The zero-order valence-electron chi connectivity index (χ0n) is 9.05. The maximum atomic E-state index is 5.78. The number of allylic oxidation sites excluding steroid dienone is 2. The second kappa shape index (κ2) is 5.54. The van der Waals surface area contributed by atoms with Crippen molar-refractivity contribution < 1.29 is 0 Å². The van der Waals surface area contributed by atoms with Gasteiger partial charge in [-0.2, -0.15) is 0 Å². The third-order valence-electron chi connectivity index (χ3n) is 3.37. The van der Waals surface area contributed by atoms with Crippen molar-refractivity contribution >= 4 is 13.2 Å². The van der Waals surface area contributed by atoms with Crippen molar-refractivity contribution in [1.82, 2.24) is 0 Å². The first-order valence-electron chi connectivity index (χ1n) is 5.59. The molecule has 0 unspecified atom stereocenters. The van der Waals surface area contributed by atoms with E-state index in [2.05, 4.69) is 19.8 Å². The second-order valence-electron chi connectivity index (χ2n) is 4.49. The Bertz CT molecular complexity index is 180. The summed E-state index contributed by atoms with van der Waals surface area (Å²) in [7, 11) is 0. The maximum Gasteiger partial charge on any atom is 0.126 e. The van der Waals surface area contributed by atoms with Crippen LogP contribution < -0.4 is 5.73 Å². The number of hydrogen-bond acceptors (Lipinski definition) is 1. The van der Waals surface area contributed by atoms with Gasteiger partial charge in [-0.1, -0.05) is 37.5 Å². The predicted octanol–water partition coefficient (Wildman–Crippen LogP) is 2.31. The summed E-state index contributed by atoms with van der Waals surface area (Å²) in [5.74, 6) is 0. The molecule has 1 aliphatic heterocycles. The van der Waals surface area contributed by atoms with E-state index in [0.717, 1.165) is 19.7 Å². The highest BCUT2D eigenvalue weighted by atomic mass is 14.5. The van der Waals surface area contributed by atoms with Crippen molar-refractivity contribution in [2.45, 2.75) is 45.6 Å². The molecule has 0 saturated carbocycles. The van der Waals surface area contributed by atoms with Gasteiger partial charge in [0.2, 0.25) is 0 Å². The molecule has 72 valence electrons. The van der Waals surface area contributed by atoms with Gasteiger partial charge in [0.05, 0.1) is 0 Å². The Morgan fingerprint density at radius 2 is 2.23 bits per heavy atom. The Hall–Kier alpha value is -0.170. The lowest BCUT2D eigenvalue weighted by atomic mass is 9.07. The molecule has 2 N–H and O–H groups in total. The van der Waals surface area contributed by atoms with Crippen molar-refractivity contribution in [3.05, 3.63) is 11.6 Å². The summed E-state index contributed by atoms with van der Waals surface area (Å²) >= 11 is 0. The minimum Gasteiger partial charge on any atom is -0.338 e. The van der Waals surface area contributed by atoms with E-state index in [-0.39, 0.29) is 0 Å². The highest BCUT2D eigenvalue weighted by Crippen LogP contribution is 2.16. The molecule has 0 fully saturated rings. The molecule has 1 nitrogen and oxygen atoms in total. The summed E-state index contributed by atoms with van der Waals surface area (Å²) in [6.45, 7) is 6.19. The molecule has 1 rings (SSSR count). The monoisotopic (exact) mass is 177 g/mol. The van der Waals surface area contributed by atoms with Crippen LogP contribution >= 0.6 is 0 Å². The van der Waals surface area contributed by atoms with Crippen LogP contribution in [0.3, 0.4) is 0 Å². The van der Waals surface area contributed by atoms with Crippen molar-refractivity contribution in [3.63, 3.8) is 0 Å². The minimum absolute atomic E-state index is 0.752. The van der Waals surface area contributed by atoms with Crippen LogP contribution in [0.25, 0.3) is 0 Å². The van der Waals surface area contributed by atoms with Gasteiger partial charge in [-0.25, -0.2) is 0 Å². The van der Waals surface area contributed by atoms with Gasteiger partial charge in [0, 0.05) is 0 Å². The van der Waals surface area contributed by atoms with Crippen LogP contribution in [-0.4, -0.2) is 19.7 Å². The molecule has 0 amide bonds. The van der Waals surface area contributed by atoms with Gasteiger partial charge >= 0.3 is 0 Å². The Balaban J connectivity index is 2.50. The highest BCUT2D eigenvalue weighted by Gasteiger charge is 2.22. The van der Waals surface area contributed by atoms with Crippen LogP contribution in [0.5, 0.6) is 0 Å². The number of nitrogens with two attached hydrogens (primary N) is 1. The van der Waals surface area contributed by atoms with Gasteiger partial charge in [-0.15, -0.1) is 0 Å². The molecule has 0 spiro atoms. The lowest BCUT2D eigenvalue weighted by Gasteiger charge is -2.14. The lowest BCUT2D eigenvalue weighted by Crippen LogP contribution is -2.39. The third kappa shape index (κ3) is 3.60. The standard InChI is InChI=1S/C10H21B2N/c1-10-5-3-7-11(2)12(9-13)8-4-6-10/h6H,3-5,7-9,13H2,1-2H3/b10-6+. The van der Waals surface area contributed by atoms with E-state index in [4.69, 9.17) is 5.73 Å². The van der Waals surface area contributed by atoms with Crippen molar-refractivity contribution in [2.75, 3.05) is 6.44 Å². The van der Waals surface area contributed by atoms with Gasteiger partial charge < -0.3 is 5.73 Å². The topological polar surface area (TPSA) is 26.0 Å². The summed E-state index contributed by atoms with van der Waals surface area (Å²) in [6.07, 6.45) is 9.79. The van der Waals surface area contributed by atoms with E-state index < -0.39 is 0 Å². The van der Waals surface area contributed by atoms with Crippen LogP contribution in [0.1, 0.15) is 26.2 Å². The highest BCUT2D eigenvalue weighted by molar-refractivity contribution is 7.22. The molecule has 0 bridgehead atoms. The first-order valence-corrected chi connectivity index (χ1v) is 5.59. The average molecular weight is 177 g/mol. The van der Waals surface area contributed by atoms with Crippen molar-refractivity contribution in [1.29, 1.82) is 0 Å². The molecule has 1 heterocycles. The summed E-state index contributed by atoms with van der Waals surface area (Å²) in [5, 5.41) is 0. The molecule has 1 aliphatic rings. The van der Waals surface area contributed by atoms with Crippen molar-refractivity contribution in [3.8, 4) is 0 Å². The fraction of sp³-hybridized carbons (Fsp3) is 0.800. The quantitative estimate of drug-likeness (QED) is 0.482. The second-order valence-corrected chi connectivity index (χ2v) is 4.49. The average Bonchev–Trinajstić information content (AvgIpc) is 2.18. The van der Waals surface area contributed by atoms with E-state index >= 15 is 0 Å². The molecule has 13 heavy (non-hydrogen) atoms. The van der Waals surface area contributed by atoms with E-state index in [1.807, 2.05) is 0 Å². The van der Waals surface area contributed by atoms with Crippen LogP contribution in [0, 0.1) is 0 Å². The normalized spacial score (nSPS) is 24.4. The zero-order valence-corrected chi connectivity index (χ0v) is 9.05. The SMILES string of the molecule is CB1CCC/C(C)=C/CCB1CN. The van der Waals surface area contributed by atoms with Crippen LogP contribution in [0.2, 0.25) is 19.5 Å². The lowest BCUT2D eigenvalue weighted by molar-refractivity contribution is 0.892. The minimum atomic E-state index is 0.752. The first kappa shape index (κ1) is 10.9. The molecule has 0 aromatic rings.